The van der Waals surface area contributed by atoms with E-state index in [0.29, 0.717) is 6.04 Å². The van der Waals surface area contributed by atoms with Crippen LogP contribution in [0.2, 0.25) is 0 Å². The Bertz CT molecular complexity index is 352. The third-order valence-electron chi connectivity index (χ3n) is 4.81. The minimum atomic E-state index is 0.692. The van der Waals surface area contributed by atoms with Crippen molar-refractivity contribution in [1.29, 1.82) is 0 Å². The summed E-state index contributed by atoms with van der Waals surface area (Å²) in [6, 6.07) is 0.692. The maximum Gasteiger partial charge on any atom is 0.193 e. The largest absolute Gasteiger partial charge is 0.357 e. The van der Waals surface area contributed by atoms with Gasteiger partial charge in [-0.2, -0.15) is 0 Å². The lowest BCUT2D eigenvalue weighted by Crippen LogP contribution is -2.43. The molecule has 0 radical (unpaired) electrons. The van der Waals surface area contributed by atoms with Gasteiger partial charge in [0.1, 0.15) is 0 Å². The summed E-state index contributed by atoms with van der Waals surface area (Å²) in [6.45, 7) is 13.1. The first-order valence-corrected chi connectivity index (χ1v) is 8.70. The quantitative estimate of drug-likeness (QED) is 0.463. The van der Waals surface area contributed by atoms with E-state index in [9.17, 15) is 0 Å². The molecule has 0 bridgehead atoms. The van der Waals surface area contributed by atoms with Gasteiger partial charge in [0.05, 0.1) is 0 Å². The summed E-state index contributed by atoms with van der Waals surface area (Å²) in [5.74, 6) is 1.85. The predicted octanol–water partition coefficient (Wildman–Crippen LogP) is 2.33. The maximum absolute atomic E-state index is 4.90. The summed E-state index contributed by atoms with van der Waals surface area (Å²) >= 11 is 0. The molecule has 1 saturated heterocycles. The van der Waals surface area contributed by atoms with Gasteiger partial charge in [-0.1, -0.05) is 38.8 Å². The molecule has 0 aromatic carbocycles. The van der Waals surface area contributed by atoms with Gasteiger partial charge in [-0.3, -0.25) is 9.89 Å². The lowest BCUT2D eigenvalue weighted by Gasteiger charge is -2.25. The van der Waals surface area contributed by atoms with Crippen molar-refractivity contribution >= 4 is 5.96 Å². The molecule has 4 heteroatoms. The summed E-state index contributed by atoms with van der Waals surface area (Å²) in [5, 5.41) is 3.48. The van der Waals surface area contributed by atoms with Gasteiger partial charge in [0, 0.05) is 45.3 Å². The van der Waals surface area contributed by atoms with Gasteiger partial charge in [-0.25, -0.2) is 0 Å². The van der Waals surface area contributed by atoms with Crippen molar-refractivity contribution in [3.05, 3.63) is 12.2 Å². The van der Waals surface area contributed by atoms with Crippen LogP contribution < -0.4 is 5.32 Å². The SMILES string of the molecule is CCNC(=NCC(CC)CC)N1CCC(N2CC=CC2)C1. The molecule has 0 aromatic rings. The normalized spacial score (nSPS) is 23.5. The second-order valence-corrected chi connectivity index (χ2v) is 6.19. The van der Waals surface area contributed by atoms with Crippen LogP contribution in [0.25, 0.3) is 0 Å². The van der Waals surface area contributed by atoms with Crippen molar-refractivity contribution in [2.24, 2.45) is 10.9 Å². The average Bonchev–Trinajstić information content (AvgIpc) is 3.18. The van der Waals surface area contributed by atoms with Crippen LogP contribution in [0.5, 0.6) is 0 Å². The molecule has 21 heavy (non-hydrogen) atoms. The lowest BCUT2D eigenvalue weighted by atomic mass is 10.0. The van der Waals surface area contributed by atoms with Gasteiger partial charge in [0.2, 0.25) is 0 Å². The Morgan fingerprint density at radius 1 is 1.24 bits per heavy atom. The number of hydrogen-bond donors (Lipinski definition) is 1. The topological polar surface area (TPSA) is 30.9 Å². The number of nitrogens with zero attached hydrogens (tertiary/aromatic N) is 3. The van der Waals surface area contributed by atoms with Crippen LogP contribution in [0, 0.1) is 5.92 Å². The molecule has 2 aliphatic rings. The van der Waals surface area contributed by atoms with Gasteiger partial charge < -0.3 is 10.2 Å². The van der Waals surface area contributed by atoms with Crippen LogP contribution in [-0.2, 0) is 0 Å². The van der Waals surface area contributed by atoms with Gasteiger partial charge >= 0.3 is 0 Å². The van der Waals surface area contributed by atoms with E-state index in [0.717, 1.165) is 51.1 Å². The van der Waals surface area contributed by atoms with Gasteiger partial charge in [0.25, 0.3) is 0 Å². The first-order chi connectivity index (χ1) is 10.3. The zero-order chi connectivity index (χ0) is 15.1. The first-order valence-electron chi connectivity index (χ1n) is 8.70. The highest BCUT2D eigenvalue weighted by Gasteiger charge is 2.29. The summed E-state index contributed by atoms with van der Waals surface area (Å²) in [4.78, 5) is 9.92. The molecule has 0 aromatic heterocycles. The molecule has 1 atom stereocenters. The van der Waals surface area contributed by atoms with Crippen molar-refractivity contribution in [2.45, 2.75) is 46.1 Å². The first kappa shape index (κ1) is 16.3. The molecule has 1 unspecified atom stereocenters. The summed E-state index contributed by atoms with van der Waals surface area (Å²) in [6.07, 6.45) is 8.28. The molecule has 1 fully saturated rings. The Labute approximate surface area is 130 Å². The lowest BCUT2D eigenvalue weighted by molar-refractivity contribution is 0.259. The van der Waals surface area contributed by atoms with Gasteiger partial charge in [-0.15, -0.1) is 0 Å². The molecule has 1 N–H and O–H groups in total. The molecular formula is C17H32N4. The van der Waals surface area contributed by atoms with Crippen molar-refractivity contribution in [2.75, 3.05) is 39.3 Å². The Morgan fingerprint density at radius 3 is 2.57 bits per heavy atom. The third kappa shape index (κ3) is 4.47. The molecule has 2 heterocycles. The monoisotopic (exact) mass is 292 g/mol. The fourth-order valence-electron chi connectivity index (χ4n) is 3.21. The van der Waals surface area contributed by atoms with Crippen molar-refractivity contribution in [3.63, 3.8) is 0 Å². The van der Waals surface area contributed by atoms with E-state index in [1.54, 1.807) is 0 Å². The van der Waals surface area contributed by atoms with Gasteiger partial charge in [-0.05, 0) is 19.3 Å². The Hall–Kier alpha value is -1.03. The van der Waals surface area contributed by atoms with Crippen LogP contribution in [0.15, 0.2) is 17.1 Å². The molecule has 0 aliphatic carbocycles. The number of hydrogen-bond acceptors (Lipinski definition) is 2. The fraction of sp³-hybridized carbons (Fsp3) is 0.824. The van der Waals surface area contributed by atoms with E-state index in [-0.39, 0.29) is 0 Å². The van der Waals surface area contributed by atoms with Crippen molar-refractivity contribution < 1.29 is 0 Å². The molecule has 4 nitrogen and oxygen atoms in total. The van der Waals surface area contributed by atoms with Crippen LogP contribution in [0.1, 0.15) is 40.0 Å². The zero-order valence-corrected chi connectivity index (χ0v) is 14.0. The summed E-state index contributed by atoms with van der Waals surface area (Å²) < 4.78 is 0. The number of nitrogens with one attached hydrogen (secondary N) is 1. The highest BCUT2D eigenvalue weighted by Crippen LogP contribution is 2.18. The highest BCUT2D eigenvalue weighted by atomic mass is 15.3. The standard InChI is InChI=1S/C17H32N4/c1-4-15(5-2)13-19-17(18-6-3)21-12-9-16(14-21)20-10-7-8-11-20/h7-8,15-16H,4-6,9-14H2,1-3H3,(H,18,19). The maximum atomic E-state index is 4.90. The third-order valence-corrected chi connectivity index (χ3v) is 4.81. The average molecular weight is 292 g/mol. The van der Waals surface area contributed by atoms with E-state index >= 15 is 0 Å². The minimum absolute atomic E-state index is 0.692. The molecular weight excluding hydrogens is 260 g/mol. The second kappa shape index (κ2) is 8.42. The summed E-state index contributed by atoms with van der Waals surface area (Å²) in [7, 11) is 0. The number of guanidine groups is 1. The second-order valence-electron chi connectivity index (χ2n) is 6.19. The van der Waals surface area contributed by atoms with E-state index in [4.69, 9.17) is 4.99 Å². The van der Waals surface area contributed by atoms with Crippen LogP contribution in [0.3, 0.4) is 0 Å². The number of rotatable bonds is 6. The molecule has 0 saturated carbocycles. The predicted molar refractivity (Wildman–Crippen MR) is 90.7 cm³/mol. The Kier molecular flexibility index (Phi) is 6.55. The van der Waals surface area contributed by atoms with Crippen LogP contribution in [0.4, 0.5) is 0 Å². The smallest absolute Gasteiger partial charge is 0.193 e. The Balaban J connectivity index is 1.90. The fourth-order valence-corrected chi connectivity index (χ4v) is 3.21. The molecule has 2 rings (SSSR count). The van der Waals surface area contributed by atoms with Crippen molar-refractivity contribution in [3.8, 4) is 0 Å². The Morgan fingerprint density at radius 2 is 1.95 bits per heavy atom. The highest BCUT2D eigenvalue weighted by molar-refractivity contribution is 5.80. The molecule has 120 valence electrons. The van der Waals surface area contributed by atoms with Crippen LogP contribution in [-0.4, -0.2) is 61.1 Å². The number of likely N-dealkylation sites (tertiary alicyclic amines) is 1. The van der Waals surface area contributed by atoms with E-state index in [2.05, 4.69) is 48.0 Å². The van der Waals surface area contributed by atoms with Crippen LogP contribution >= 0.6 is 0 Å². The van der Waals surface area contributed by atoms with E-state index in [1.165, 1.54) is 19.3 Å². The molecule has 0 spiro atoms. The zero-order valence-electron chi connectivity index (χ0n) is 14.0. The minimum Gasteiger partial charge on any atom is -0.357 e. The van der Waals surface area contributed by atoms with Gasteiger partial charge in [0.15, 0.2) is 5.96 Å². The summed E-state index contributed by atoms with van der Waals surface area (Å²) in [5.41, 5.74) is 0. The number of aliphatic imine (C=N–C) groups is 1. The molecule has 2 aliphatic heterocycles. The van der Waals surface area contributed by atoms with E-state index < -0.39 is 0 Å². The molecule has 0 amide bonds. The van der Waals surface area contributed by atoms with Crippen molar-refractivity contribution in [1.82, 2.24) is 15.1 Å². The van der Waals surface area contributed by atoms with E-state index in [1.807, 2.05) is 0 Å².